The number of carbonyl (C=O) groups excluding carboxylic acids is 1. The number of para-hydroxylation sites is 1. The molecule has 0 spiro atoms. The van der Waals surface area contributed by atoms with Crippen molar-refractivity contribution in [2.24, 2.45) is 11.7 Å². The van der Waals surface area contributed by atoms with Gasteiger partial charge in [-0.2, -0.15) is 0 Å². The minimum atomic E-state index is -0.243. The summed E-state index contributed by atoms with van der Waals surface area (Å²) in [6, 6.07) is 17.0. The minimum absolute atomic E-state index is 0.0242. The molecular formula is C18H21ClN2O. The van der Waals surface area contributed by atoms with E-state index in [2.05, 4.69) is 0 Å². The lowest BCUT2D eigenvalue weighted by Crippen LogP contribution is -2.41. The van der Waals surface area contributed by atoms with E-state index in [1.54, 1.807) is 4.90 Å². The van der Waals surface area contributed by atoms with E-state index in [-0.39, 0.29) is 17.9 Å². The Bertz CT molecular complexity index is 611. The van der Waals surface area contributed by atoms with Gasteiger partial charge in [0.25, 0.3) is 0 Å². The van der Waals surface area contributed by atoms with Crippen LogP contribution in [0, 0.1) is 5.92 Å². The van der Waals surface area contributed by atoms with Crippen molar-refractivity contribution in [3.8, 4) is 0 Å². The Kier molecular flexibility index (Phi) is 5.58. The van der Waals surface area contributed by atoms with Crippen molar-refractivity contribution < 1.29 is 4.79 Å². The van der Waals surface area contributed by atoms with E-state index in [0.717, 1.165) is 11.3 Å². The van der Waals surface area contributed by atoms with Crippen LogP contribution in [0.1, 0.15) is 19.4 Å². The highest BCUT2D eigenvalue weighted by Gasteiger charge is 2.24. The predicted octanol–water partition coefficient (Wildman–Crippen LogP) is 3.86. The van der Waals surface area contributed by atoms with E-state index in [9.17, 15) is 4.79 Å². The summed E-state index contributed by atoms with van der Waals surface area (Å²) in [4.78, 5) is 14.6. The van der Waals surface area contributed by atoms with Gasteiger partial charge in [-0.05, 0) is 36.8 Å². The Morgan fingerprint density at radius 1 is 1.09 bits per heavy atom. The van der Waals surface area contributed by atoms with Gasteiger partial charge in [-0.3, -0.25) is 4.79 Å². The smallest absolute Gasteiger partial charge is 0.231 e. The van der Waals surface area contributed by atoms with Gasteiger partial charge in [0.2, 0.25) is 5.91 Å². The van der Waals surface area contributed by atoms with Gasteiger partial charge in [0, 0.05) is 16.8 Å². The van der Waals surface area contributed by atoms with Crippen LogP contribution in [-0.4, -0.2) is 11.9 Å². The van der Waals surface area contributed by atoms with Crippen molar-refractivity contribution >= 4 is 23.2 Å². The van der Waals surface area contributed by atoms with Crippen molar-refractivity contribution in [1.29, 1.82) is 0 Å². The van der Waals surface area contributed by atoms with E-state index in [0.29, 0.717) is 11.6 Å². The lowest BCUT2D eigenvalue weighted by molar-refractivity contribution is -0.122. The Morgan fingerprint density at radius 2 is 1.68 bits per heavy atom. The number of nitrogens with two attached hydrogens (primary N) is 1. The highest BCUT2D eigenvalue weighted by Crippen LogP contribution is 2.21. The molecule has 2 unspecified atom stereocenters. The zero-order valence-corrected chi connectivity index (χ0v) is 13.6. The van der Waals surface area contributed by atoms with Crippen LogP contribution in [0.25, 0.3) is 0 Å². The minimum Gasteiger partial charge on any atom is -0.327 e. The standard InChI is InChI=1S/C18H21ClN2O/c1-13(14(2)20)18(22)21(17-6-4-3-5-7-17)12-15-8-10-16(19)11-9-15/h3-11,13-14H,12,20H2,1-2H3. The molecule has 3 nitrogen and oxygen atoms in total. The molecule has 0 radical (unpaired) electrons. The Hall–Kier alpha value is -1.84. The highest BCUT2D eigenvalue weighted by atomic mass is 35.5. The number of hydrogen-bond acceptors (Lipinski definition) is 2. The number of amides is 1. The largest absolute Gasteiger partial charge is 0.327 e. The third kappa shape index (κ3) is 4.09. The molecule has 22 heavy (non-hydrogen) atoms. The van der Waals surface area contributed by atoms with Gasteiger partial charge < -0.3 is 10.6 Å². The number of anilines is 1. The molecule has 0 aliphatic heterocycles. The fourth-order valence-corrected chi connectivity index (χ4v) is 2.27. The second kappa shape index (κ2) is 7.43. The van der Waals surface area contributed by atoms with Gasteiger partial charge in [-0.15, -0.1) is 0 Å². The summed E-state index contributed by atoms with van der Waals surface area (Å²) >= 11 is 5.92. The summed E-state index contributed by atoms with van der Waals surface area (Å²) in [5.74, 6) is -0.219. The van der Waals surface area contributed by atoms with Gasteiger partial charge in [-0.1, -0.05) is 48.9 Å². The van der Waals surface area contributed by atoms with E-state index in [1.807, 2.05) is 68.4 Å². The summed E-state index contributed by atoms with van der Waals surface area (Å²) in [6.07, 6.45) is 0. The van der Waals surface area contributed by atoms with Crippen LogP contribution in [0.5, 0.6) is 0 Å². The normalized spacial score (nSPS) is 13.5. The molecule has 0 bridgehead atoms. The Labute approximate surface area is 136 Å². The lowest BCUT2D eigenvalue weighted by Gasteiger charge is -2.27. The molecule has 0 saturated carbocycles. The first-order chi connectivity index (χ1) is 10.5. The quantitative estimate of drug-likeness (QED) is 0.910. The van der Waals surface area contributed by atoms with Crippen LogP contribution in [0.3, 0.4) is 0 Å². The monoisotopic (exact) mass is 316 g/mol. The first kappa shape index (κ1) is 16.5. The average molecular weight is 317 g/mol. The summed E-state index contributed by atoms with van der Waals surface area (Å²) in [7, 11) is 0. The first-order valence-corrected chi connectivity index (χ1v) is 7.73. The third-order valence-electron chi connectivity index (χ3n) is 3.77. The lowest BCUT2D eigenvalue weighted by atomic mass is 10.0. The predicted molar refractivity (Wildman–Crippen MR) is 91.9 cm³/mol. The maximum absolute atomic E-state index is 12.8. The van der Waals surface area contributed by atoms with Gasteiger partial charge in [0.15, 0.2) is 0 Å². The number of halogens is 1. The Balaban J connectivity index is 2.29. The third-order valence-corrected chi connectivity index (χ3v) is 4.02. The zero-order valence-electron chi connectivity index (χ0n) is 12.9. The van der Waals surface area contributed by atoms with Gasteiger partial charge in [0.1, 0.15) is 0 Å². The van der Waals surface area contributed by atoms with Gasteiger partial charge >= 0.3 is 0 Å². The van der Waals surface area contributed by atoms with E-state index < -0.39 is 0 Å². The molecule has 0 aliphatic rings. The molecule has 2 aromatic carbocycles. The number of hydrogen-bond donors (Lipinski definition) is 1. The number of rotatable bonds is 5. The van der Waals surface area contributed by atoms with Crippen molar-refractivity contribution in [1.82, 2.24) is 0 Å². The summed E-state index contributed by atoms with van der Waals surface area (Å²) < 4.78 is 0. The van der Waals surface area contributed by atoms with E-state index in [4.69, 9.17) is 17.3 Å². The number of benzene rings is 2. The second-order valence-corrected chi connectivity index (χ2v) is 5.97. The molecular weight excluding hydrogens is 296 g/mol. The van der Waals surface area contributed by atoms with Crippen LogP contribution in [-0.2, 0) is 11.3 Å². The molecule has 0 heterocycles. The van der Waals surface area contributed by atoms with E-state index in [1.165, 1.54) is 0 Å². The van der Waals surface area contributed by atoms with Crippen LogP contribution in [0.2, 0.25) is 5.02 Å². The molecule has 2 N–H and O–H groups in total. The SMILES string of the molecule is CC(N)C(C)C(=O)N(Cc1ccc(Cl)cc1)c1ccccc1. The molecule has 0 saturated heterocycles. The van der Waals surface area contributed by atoms with Crippen molar-refractivity contribution in [3.05, 3.63) is 65.2 Å². The molecule has 2 rings (SSSR count). The average Bonchev–Trinajstić information content (AvgIpc) is 2.53. The summed E-state index contributed by atoms with van der Waals surface area (Å²) in [5, 5.41) is 0.685. The Morgan fingerprint density at radius 3 is 2.23 bits per heavy atom. The van der Waals surface area contributed by atoms with E-state index >= 15 is 0 Å². The van der Waals surface area contributed by atoms with Crippen molar-refractivity contribution in [2.75, 3.05) is 4.90 Å². The molecule has 0 fully saturated rings. The summed E-state index contributed by atoms with van der Waals surface area (Å²) in [5.41, 5.74) is 7.80. The zero-order chi connectivity index (χ0) is 16.1. The van der Waals surface area contributed by atoms with Crippen molar-refractivity contribution in [3.63, 3.8) is 0 Å². The maximum Gasteiger partial charge on any atom is 0.231 e. The van der Waals surface area contributed by atoms with Gasteiger partial charge in [0.05, 0.1) is 12.5 Å². The number of nitrogens with zero attached hydrogens (tertiary/aromatic N) is 1. The molecule has 2 atom stereocenters. The van der Waals surface area contributed by atoms with Crippen LogP contribution in [0.4, 0.5) is 5.69 Å². The molecule has 0 aliphatic carbocycles. The van der Waals surface area contributed by atoms with Gasteiger partial charge in [-0.25, -0.2) is 0 Å². The van der Waals surface area contributed by atoms with Crippen molar-refractivity contribution in [2.45, 2.75) is 26.4 Å². The molecule has 0 aromatic heterocycles. The second-order valence-electron chi connectivity index (χ2n) is 5.53. The maximum atomic E-state index is 12.8. The van der Waals surface area contributed by atoms with Crippen LogP contribution >= 0.6 is 11.6 Å². The fourth-order valence-electron chi connectivity index (χ4n) is 2.15. The molecule has 2 aromatic rings. The topological polar surface area (TPSA) is 46.3 Å². The summed E-state index contributed by atoms with van der Waals surface area (Å²) in [6.45, 7) is 4.22. The van der Waals surface area contributed by atoms with Crippen LogP contribution in [0.15, 0.2) is 54.6 Å². The number of carbonyl (C=O) groups is 1. The first-order valence-electron chi connectivity index (χ1n) is 7.35. The molecule has 116 valence electrons. The molecule has 4 heteroatoms. The van der Waals surface area contributed by atoms with Crippen LogP contribution < -0.4 is 10.6 Å². The fraction of sp³-hybridized carbons (Fsp3) is 0.278. The highest BCUT2D eigenvalue weighted by molar-refractivity contribution is 6.30. The molecule has 1 amide bonds.